The van der Waals surface area contributed by atoms with Crippen molar-refractivity contribution >= 4 is 10.0 Å². The van der Waals surface area contributed by atoms with Gasteiger partial charge in [-0.05, 0) is 32.1 Å². The van der Waals surface area contributed by atoms with Crippen LogP contribution in [0.2, 0.25) is 0 Å². The Hall–Kier alpha value is -1.80. The third-order valence-electron chi connectivity index (χ3n) is 4.24. The second-order valence-corrected chi connectivity index (χ2v) is 8.12. The lowest BCUT2D eigenvalue weighted by atomic mass is 9.95. The number of hydrogen-bond acceptors (Lipinski definition) is 5. The van der Waals surface area contributed by atoms with Crippen LogP contribution in [0, 0.1) is 12.8 Å². The van der Waals surface area contributed by atoms with E-state index in [1.165, 1.54) is 6.26 Å². The molecule has 1 N–H and O–H groups in total. The van der Waals surface area contributed by atoms with Gasteiger partial charge in [-0.15, -0.1) is 0 Å². The first-order chi connectivity index (χ1) is 10.9. The number of aromatic nitrogens is 4. The number of nitrogens with zero attached hydrogens (tertiary/aromatic N) is 4. The highest BCUT2D eigenvalue weighted by atomic mass is 32.2. The summed E-state index contributed by atoms with van der Waals surface area (Å²) in [4.78, 5) is 8.95. The minimum absolute atomic E-state index is 0.286. The standard InChI is InChI=1S/C15H21N5O2S/c1-11-14(8-17-19-11)15-9-16-7-13(18-15)6-12-4-3-5-20(10-12)23(2,21)22/h7-9,12H,3-6,10H2,1-2H3,(H,17,19)/t12-/m0/s1. The fourth-order valence-corrected chi connectivity index (χ4v) is 3.98. The minimum atomic E-state index is -3.12. The lowest BCUT2D eigenvalue weighted by Gasteiger charge is -2.30. The van der Waals surface area contributed by atoms with Gasteiger partial charge in [-0.1, -0.05) is 0 Å². The van der Waals surface area contributed by atoms with Crippen molar-refractivity contribution in [2.24, 2.45) is 5.92 Å². The summed E-state index contributed by atoms with van der Waals surface area (Å²) in [5.74, 6) is 0.286. The van der Waals surface area contributed by atoms with Crippen molar-refractivity contribution in [2.45, 2.75) is 26.2 Å². The first kappa shape index (κ1) is 16.1. The molecular formula is C15H21N5O2S. The Kier molecular flexibility index (Phi) is 4.45. The zero-order valence-corrected chi connectivity index (χ0v) is 14.2. The highest BCUT2D eigenvalue weighted by Gasteiger charge is 2.26. The normalized spacial score (nSPS) is 19.8. The Labute approximate surface area is 136 Å². The van der Waals surface area contributed by atoms with Crippen LogP contribution in [0.15, 0.2) is 18.6 Å². The Morgan fingerprint density at radius 1 is 1.35 bits per heavy atom. The Morgan fingerprint density at radius 3 is 2.87 bits per heavy atom. The molecule has 124 valence electrons. The van der Waals surface area contributed by atoms with Gasteiger partial charge < -0.3 is 0 Å². The van der Waals surface area contributed by atoms with Crippen LogP contribution in [0.5, 0.6) is 0 Å². The number of H-pyrrole nitrogens is 1. The molecule has 0 radical (unpaired) electrons. The van der Waals surface area contributed by atoms with Crippen LogP contribution in [0.4, 0.5) is 0 Å². The lowest BCUT2D eigenvalue weighted by molar-refractivity contribution is 0.265. The van der Waals surface area contributed by atoms with Gasteiger partial charge in [0.05, 0.1) is 30.0 Å². The van der Waals surface area contributed by atoms with E-state index in [1.54, 1.807) is 22.9 Å². The van der Waals surface area contributed by atoms with Crippen LogP contribution in [0.1, 0.15) is 24.2 Å². The molecule has 8 heteroatoms. The molecule has 0 bridgehead atoms. The van der Waals surface area contributed by atoms with Gasteiger partial charge in [0.15, 0.2) is 0 Å². The summed E-state index contributed by atoms with van der Waals surface area (Å²) >= 11 is 0. The fourth-order valence-electron chi connectivity index (χ4n) is 3.03. The second kappa shape index (κ2) is 6.37. The van der Waals surface area contributed by atoms with Crippen molar-refractivity contribution in [1.29, 1.82) is 0 Å². The number of nitrogens with one attached hydrogen (secondary N) is 1. The van der Waals surface area contributed by atoms with E-state index in [4.69, 9.17) is 0 Å². The summed E-state index contributed by atoms with van der Waals surface area (Å²) in [5.41, 5.74) is 3.59. The number of piperidine rings is 1. The number of sulfonamides is 1. The van der Waals surface area contributed by atoms with Crippen LogP contribution in [0.3, 0.4) is 0 Å². The van der Waals surface area contributed by atoms with Gasteiger partial charge in [0, 0.05) is 30.5 Å². The highest BCUT2D eigenvalue weighted by molar-refractivity contribution is 7.88. The molecule has 1 saturated heterocycles. The molecule has 0 amide bonds. The summed E-state index contributed by atoms with van der Waals surface area (Å²) in [6.07, 6.45) is 9.16. The van der Waals surface area contributed by atoms with Crippen LogP contribution < -0.4 is 0 Å². The number of rotatable bonds is 4. The van der Waals surface area contributed by atoms with Gasteiger partial charge >= 0.3 is 0 Å². The molecule has 0 aromatic carbocycles. The highest BCUT2D eigenvalue weighted by Crippen LogP contribution is 2.23. The average molecular weight is 335 g/mol. The number of hydrogen-bond donors (Lipinski definition) is 1. The van der Waals surface area contributed by atoms with Gasteiger partial charge in [0.25, 0.3) is 0 Å². The van der Waals surface area contributed by atoms with Crippen molar-refractivity contribution in [2.75, 3.05) is 19.3 Å². The topological polar surface area (TPSA) is 91.8 Å². The van der Waals surface area contributed by atoms with Crippen LogP contribution in [-0.4, -0.2) is 52.2 Å². The fraction of sp³-hybridized carbons (Fsp3) is 0.533. The van der Waals surface area contributed by atoms with E-state index in [0.29, 0.717) is 13.1 Å². The Bertz CT molecular complexity index is 787. The van der Waals surface area contributed by atoms with Gasteiger partial charge in [-0.25, -0.2) is 17.7 Å². The minimum Gasteiger partial charge on any atom is -0.282 e. The molecule has 1 atom stereocenters. The smallest absolute Gasteiger partial charge is 0.211 e. The maximum Gasteiger partial charge on any atom is 0.211 e. The van der Waals surface area contributed by atoms with E-state index in [9.17, 15) is 8.42 Å². The first-order valence-corrected chi connectivity index (χ1v) is 9.54. The van der Waals surface area contributed by atoms with Crippen molar-refractivity contribution in [3.63, 3.8) is 0 Å². The van der Waals surface area contributed by atoms with Crippen LogP contribution >= 0.6 is 0 Å². The zero-order chi connectivity index (χ0) is 16.4. The predicted octanol–water partition coefficient (Wildman–Crippen LogP) is 1.39. The summed E-state index contributed by atoms with van der Waals surface area (Å²) in [6.45, 7) is 3.13. The quantitative estimate of drug-likeness (QED) is 0.911. The molecule has 1 aliphatic rings. The predicted molar refractivity (Wildman–Crippen MR) is 87.2 cm³/mol. The van der Waals surface area contributed by atoms with Crippen LogP contribution in [0.25, 0.3) is 11.3 Å². The van der Waals surface area contributed by atoms with E-state index >= 15 is 0 Å². The lowest BCUT2D eigenvalue weighted by Crippen LogP contribution is -2.39. The molecule has 2 aromatic heterocycles. The van der Waals surface area contributed by atoms with E-state index in [-0.39, 0.29) is 5.92 Å². The number of aryl methyl sites for hydroxylation is 1. The summed E-state index contributed by atoms with van der Waals surface area (Å²) < 4.78 is 25.0. The molecule has 1 aliphatic heterocycles. The SMILES string of the molecule is Cc1[nH]ncc1-c1cncc(C[C@@H]2CCCN(S(C)(=O)=O)C2)n1. The molecule has 0 saturated carbocycles. The summed E-state index contributed by atoms with van der Waals surface area (Å²) in [6, 6.07) is 0. The Balaban J connectivity index is 1.75. The van der Waals surface area contributed by atoms with Crippen molar-refractivity contribution in [3.8, 4) is 11.3 Å². The van der Waals surface area contributed by atoms with Gasteiger partial charge in [-0.2, -0.15) is 5.10 Å². The van der Waals surface area contributed by atoms with Gasteiger partial charge in [-0.3, -0.25) is 10.1 Å². The maximum atomic E-state index is 11.7. The summed E-state index contributed by atoms with van der Waals surface area (Å²) in [7, 11) is -3.12. The van der Waals surface area contributed by atoms with Crippen molar-refractivity contribution in [3.05, 3.63) is 30.0 Å². The van der Waals surface area contributed by atoms with Crippen molar-refractivity contribution in [1.82, 2.24) is 24.5 Å². The second-order valence-electron chi connectivity index (χ2n) is 6.14. The molecule has 3 rings (SSSR count). The third kappa shape index (κ3) is 3.76. The van der Waals surface area contributed by atoms with E-state index in [1.807, 2.05) is 6.92 Å². The first-order valence-electron chi connectivity index (χ1n) is 7.70. The summed E-state index contributed by atoms with van der Waals surface area (Å²) in [5, 5.41) is 6.91. The molecule has 0 spiro atoms. The molecule has 7 nitrogen and oxygen atoms in total. The van der Waals surface area contributed by atoms with Gasteiger partial charge in [0.2, 0.25) is 10.0 Å². The molecule has 23 heavy (non-hydrogen) atoms. The third-order valence-corrected chi connectivity index (χ3v) is 5.51. The molecule has 1 fully saturated rings. The van der Waals surface area contributed by atoms with Crippen LogP contribution in [-0.2, 0) is 16.4 Å². The maximum absolute atomic E-state index is 11.7. The van der Waals surface area contributed by atoms with E-state index in [2.05, 4.69) is 20.2 Å². The monoisotopic (exact) mass is 335 g/mol. The molecule has 0 unspecified atom stereocenters. The van der Waals surface area contributed by atoms with Gasteiger partial charge in [0.1, 0.15) is 0 Å². The van der Waals surface area contributed by atoms with E-state index < -0.39 is 10.0 Å². The van der Waals surface area contributed by atoms with E-state index in [0.717, 1.165) is 41.9 Å². The largest absolute Gasteiger partial charge is 0.282 e. The Morgan fingerprint density at radius 2 is 2.17 bits per heavy atom. The molecule has 2 aromatic rings. The van der Waals surface area contributed by atoms with Crippen molar-refractivity contribution < 1.29 is 8.42 Å². The molecule has 3 heterocycles. The molecular weight excluding hydrogens is 314 g/mol. The molecule has 0 aliphatic carbocycles. The average Bonchev–Trinajstić information content (AvgIpc) is 2.93. The zero-order valence-electron chi connectivity index (χ0n) is 13.4. The number of aromatic amines is 1.